The summed E-state index contributed by atoms with van der Waals surface area (Å²) in [5.74, 6) is 1.19. The second-order valence-electron chi connectivity index (χ2n) is 4.50. The van der Waals surface area contributed by atoms with Gasteiger partial charge in [0.05, 0.1) is 0 Å². The van der Waals surface area contributed by atoms with Crippen molar-refractivity contribution in [1.82, 2.24) is 19.9 Å². The molecule has 0 saturated carbocycles. The Balaban J connectivity index is 2.39. The van der Waals surface area contributed by atoms with Gasteiger partial charge >= 0.3 is 0 Å². The standard InChI is InChI=1S/C13H17N5OS/c1-4-5-9-16-11(14)8(3)12(17-9)20-13-15-7(2)6-10(19)18-13/h6H,4-5H2,1-3H3,(H2,14,16,17)(H,15,18,19). The Hall–Kier alpha value is -1.89. The summed E-state index contributed by atoms with van der Waals surface area (Å²) in [5.41, 5.74) is 7.21. The number of nitrogens with zero attached hydrogens (tertiary/aromatic N) is 3. The number of rotatable bonds is 4. The Morgan fingerprint density at radius 2 is 2.05 bits per heavy atom. The molecule has 0 unspecified atom stereocenters. The monoisotopic (exact) mass is 291 g/mol. The Morgan fingerprint density at radius 1 is 1.30 bits per heavy atom. The van der Waals surface area contributed by atoms with Gasteiger partial charge in [-0.25, -0.2) is 15.0 Å². The van der Waals surface area contributed by atoms with Gasteiger partial charge in [-0.2, -0.15) is 0 Å². The van der Waals surface area contributed by atoms with E-state index in [4.69, 9.17) is 5.73 Å². The second kappa shape index (κ2) is 6.04. The maximum Gasteiger partial charge on any atom is 0.251 e. The quantitative estimate of drug-likeness (QED) is 0.659. The lowest BCUT2D eigenvalue weighted by Gasteiger charge is -2.08. The van der Waals surface area contributed by atoms with Gasteiger partial charge in [0, 0.05) is 23.7 Å². The van der Waals surface area contributed by atoms with Crippen LogP contribution in [0.1, 0.15) is 30.4 Å². The van der Waals surface area contributed by atoms with E-state index in [1.807, 2.05) is 6.92 Å². The van der Waals surface area contributed by atoms with Crippen molar-refractivity contribution in [2.24, 2.45) is 0 Å². The zero-order valence-electron chi connectivity index (χ0n) is 11.7. The summed E-state index contributed by atoms with van der Waals surface area (Å²) in [4.78, 5) is 27.2. The molecule has 0 aliphatic heterocycles. The number of aryl methyl sites for hydroxylation is 2. The maximum absolute atomic E-state index is 11.5. The van der Waals surface area contributed by atoms with Crippen LogP contribution in [0.5, 0.6) is 0 Å². The Kier molecular flexibility index (Phi) is 4.39. The summed E-state index contributed by atoms with van der Waals surface area (Å²) in [6.45, 7) is 5.70. The highest BCUT2D eigenvalue weighted by molar-refractivity contribution is 7.99. The molecule has 2 rings (SSSR count). The molecule has 0 bridgehead atoms. The second-order valence-corrected chi connectivity index (χ2v) is 5.48. The molecule has 2 heterocycles. The molecule has 0 aromatic carbocycles. The van der Waals surface area contributed by atoms with Crippen LogP contribution in [0.15, 0.2) is 21.0 Å². The predicted molar refractivity (Wildman–Crippen MR) is 78.9 cm³/mol. The van der Waals surface area contributed by atoms with Gasteiger partial charge in [0.25, 0.3) is 5.56 Å². The van der Waals surface area contributed by atoms with Crippen molar-refractivity contribution in [3.05, 3.63) is 33.5 Å². The Labute approximate surface area is 121 Å². The molecule has 0 saturated heterocycles. The van der Waals surface area contributed by atoms with E-state index in [1.165, 1.54) is 17.8 Å². The number of nitrogens with two attached hydrogens (primary N) is 1. The van der Waals surface area contributed by atoms with Crippen molar-refractivity contribution in [2.45, 2.75) is 43.8 Å². The zero-order chi connectivity index (χ0) is 14.7. The third kappa shape index (κ3) is 3.36. The van der Waals surface area contributed by atoms with Gasteiger partial charge in [-0.05, 0) is 32.0 Å². The van der Waals surface area contributed by atoms with E-state index in [0.29, 0.717) is 22.5 Å². The Bertz CT molecular complexity index is 683. The summed E-state index contributed by atoms with van der Waals surface area (Å²) in [7, 11) is 0. The lowest BCUT2D eigenvalue weighted by atomic mass is 10.3. The van der Waals surface area contributed by atoms with Crippen LogP contribution in [0.3, 0.4) is 0 Å². The van der Waals surface area contributed by atoms with E-state index in [1.54, 1.807) is 6.92 Å². The average molecular weight is 291 g/mol. The number of aromatic amines is 1. The van der Waals surface area contributed by atoms with E-state index in [9.17, 15) is 4.79 Å². The molecule has 0 spiro atoms. The molecule has 20 heavy (non-hydrogen) atoms. The van der Waals surface area contributed by atoms with Gasteiger partial charge in [0.2, 0.25) is 0 Å². The minimum absolute atomic E-state index is 0.173. The van der Waals surface area contributed by atoms with E-state index < -0.39 is 0 Å². The van der Waals surface area contributed by atoms with Crippen molar-refractivity contribution >= 4 is 17.6 Å². The number of aromatic nitrogens is 4. The molecule has 2 aromatic heterocycles. The number of hydrogen-bond donors (Lipinski definition) is 2. The van der Waals surface area contributed by atoms with Crippen molar-refractivity contribution < 1.29 is 0 Å². The number of nitrogen functional groups attached to an aromatic ring is 1. The number of anilines is 1. The average Bonchev–Trinajstić information content (AvgIpc) is 2.34. The summed E-state index contributed by atoms with van der Waals surface area (Å²) in [6, 6.07) is 1.45. The fourth-order valence-electron chi connectivity index (χ4n) is 1.68. The summed E-state index contributed by atoms with van der Waals surface area (Å²) >= 11 is 1.30. The molecule has 3 N–H and O–H groups in total. The highest BCUT2D eigenvalue weighted by Crippen LogP contribution is 2.27. The smallest absolute Gasteiger partial charge is 0.251 e. The SMILES string of the molecule is CCCc1nc(N)c(C)c(Sc2nc(C)cc(=O)[nH]2)n1. The molecule has 0 radical (unpaired) electrons. The van der Waals surface area contributed by atoms with E-state index in [2.05, 4.69) is 26.9 Å². The first-order chi connectivity index (χ1) is 9.49. The fraction of sp³-hybridized carbons (Fsp3) is 0.385. The molecule has 0 atom stereocenters. The molecule has 7 heteroatoms. The highest BCUT2D eigenvalue weighted by atomic mass is 32.2. The molecule has 0 amide bonds. The third-order valence-electron chi connectivity index (χ3n) is 2.70. The molecule has 106 valence electrons. The first kappa shape index (κ1) is 14.5. The summed E-state index contributed by atoms with van der Waals surface area (Å²) < 4.78 is 0. The fourth-order valence-corrected chi connectivity index (χ4v) is 2.62. The van der Waals surface area contributed by atoms with Crippen LogP contribution in [-0.4, -0.2) is 19.9 Å². The van der Waals surface area contributed by atoms with Crippen LogP contribution >= 0.6 is 11.8 Å². The topological polar surface area (TPSA) is 97.5 Å². The molecule has 0 aliphatic carbocycles. The molecule has 6 nitrogen and oxygen atoms in total. The molecular formula is C13H17N5OS. The number of hydrogen-bond acceptors (Lipinski definition) is 6. The van der Waals surface area contributed by atoms with Gasteiger partial charge in [0.15, 0.2) is 5.16 Å². The first-order valence-electron chi connectivity index (χ1n) is 6.38. The summed E-state index contributed by atoms with van der Waals surface area (Å²) in [6.07, 6.45) is 1.72. The number of H-pyrrole nitrogens is 1. The van der Waals surface area contributed by atoms with Gasteiger partial charge < -0.3 is 10.7 Å². The normalized spacial score (nSPS) is 10.8. The van der Waals surface area contributed by atoms with Crippen LogP contribution in [0.2, 0.25) is 0 Å². The van der Waals surface area contributed by atoms with Crippen molar-refractivity contribution in [2.75, 3.05) is 5.73 Å². The van der Waals surface area contributed by atoms with Gasteiger partial charge in [-0.1, -0.05) is 6.92 Å². The minimum Gasteiger partial charge on any atom is -0.383 e. The van der Waals surface area contributed by atoms with E-state index in [-0.39, 0.29) is 5.56 Å². The zero-order valence-corrected chi connectivity index (χ0v) is 12.5. The van der Waals surface area contributed by atoms with Gasteiger partial charge in [0.1, 0.15) is 16.7 Å². The summed E-state index contributed by atoms with van der Waals surface area (Å²) in [5, 5.41) is 1.24. The van der Waals surface area contributed by atoms with Crippen LogP contribution in [0.25, 0.3) is 0 Å². The molecular weight excluding hydrogens is 274 g/mol. The lowest BCUT2D eigenvalue weighted by Crippen LogP contribution is -2.09. The van der Waals surface area contributed by atoms with Crippen LogP contribution in [0.4, 0.5) is 5.82 Å². The highest BCUT2D eigenvalue weighted by Gasteiger charge is 2.11. The van der Waals surface area contributed by atoms with Crippen molar-refractivity contribution in [3.8, 4) is 0 Å². The largest absolute Gasteiger partial charge is 0.383 e. The maximum atomic E-state index is 11.5. The molecule has 0 aliphatic rings. The van der Waals surface area contributed by atoms with E-state index >= 15 is 0 Å². The van der Waals surface area contributed by atoms with E-state index in [0.717, 1.165) is 23.4 Å². The Morgan fingerprint density at radius 3 is 2.70 bits per heavy atom. The van der Waals surface area contributed by atoms with Crippen LogP contribution < -0.4 is 11.3 Å². The first-order valence-corrected chi connectivity index (χ1v) is 7.20. The minimum atomic E-state index is -0.173. The van der Waals surface area contributed by atoms with Crippen molar-refractivity contribution in [3.63, 3.8) is 0 Å². The van der Waals surface area contributed by atoms with Gasteiger partial charge in [-0.15, -0.1) is 0 Å². The predicted octanol–water partition coefficient (Wildman–Crippen LogP) is 1.86. The molecule has 2 aromatic rings. The lowest BCUT2D eigenvalue weighted by molar-refractivity contribution is 0.803. The van der Waals surface area contributed by atoms with Gasteiger partial charge in [-0.3, -0.25) is 4.79 Å². The van der Waals surface area contributed by atoms with Crippen LogP contribution in [0, 0.1) is 13.8 Å². The third-order valence-corrected chi connectivity index (χ3v) is 3.68. The van der Waals surface area contributed by atoms with Crippen molar-refractivity contribution in [1.29, 1.82) is 0 Å². The molecule has 0 fully saturated rings. The number of nitrogens with one attached hydrogen (secondary N) is 1. The van der Waals surface area contributed by atoms with Crippen LogP contribution in [-0.2, 0) is 6.42 Å².